The number of amides is 1. The first-order chi connectivity index (χ1) is 12.0. The van der Waals surface area contributed by atoms with Gasteiger partial charge in [-0.1, -0.05) is 12.8 Å². The highest BCUT2D eigenvalue weighted by atomic mass is 19.1. The van der Waals surface area contributed by atoms with Crippen molar-refractivity contribution < 1.29 is 9.18 Å². The Labute approximate surface area is 144 Å². The number of primary amides is 1. The van der Waals surface area contributed by atoms with Gasteiger partial charge in [-0.2, -0.15) is 0 Å². The molecule has 25 heavy (non-hydrogen) atoms. The maximum atomic E-state index is 13.3. The highest BCUT2D eigenvalue weighted by Gasteiger charge is 2.22. The lowest BCUT2D eigenvalue weighted by molar-refractivity contribution is 0.0996. The van der Waals surface area contributed by atoms with E-state index in [2.05, 4.69) is 25.6 Å². The van der Waals surface area contributed by atoms with Crippen molar-refractivity contribution in [2.45, 2.75) is 37.8 Å². The second-order valence-electron chi connectivity index (χ2n) is 6.03. The summed E-state index contributed by atoms with van der Waals surface area (Å²) in [6.45, 7) is 0. The van der Waals surface area contributed by atoms with Gasteiger partial charge in [0, 0.05) is 18.2 Å². The van der Waals surface area contributed by atoms with Crippen LogP contribution in [0.3, 0.4) is 0 Å². The average Bonchev–Trinajstić information content (AvgIpc) is 2.57. The van der Waals surface area contributed by atoms with Crippen molar-refractivity contribution in [1.82, 2.24) is 15.0 Å². The lowest BCUT2D eigenvalue weighted by Crippen LogP contribution is -2.42. The molecule has 132 valence electrons. The summed E-state index contributed by atoms with van der Waals surface area (Å²) in [5.74, 6) is -0.644. The van der Waals surface area contributed by atoms with Gasteiger partial charge in [-0.15, -0.1) is 0 Å². The number of hydrogen-bond acceptors (Lipinski definition) is 7. The maximum absolute atomic E-state index is 13.3. The number of halogens is 1. The third-order valence-electron chi connectivity index (χ3n) is 4.13. The van der Waals surface area contributed by atoms with E-state index in [4.69, 9.17) is 11.5 Å². The Bertz CT molecular complexity index is 770. The third kappa shape index (κ3) is 4.18. The lowest BCUT2D eigenvalue weighted by atomic mass is 9.91. The second-order valence-corrected chi connectivity index (χ2v) is 6.03. The van der Waals surface area contributed by atoms with Crippen molar-refractivity contribution in [3.05, 3.63) is 36.2 Å². The zero-order chi connectivity index (χ0) is 17.8. The van der Waals surface area contributed by atoms with Gasteiger partial charge in [0.15, 0.2) is 11.5 Å². The van der Waals surface area contributed by atoms with E-state index in [1.807, 2.05) is 0 Å². The highest BCUT2D eigenvalue weighted by Crippen LogP contribution is 2.23. The molecule has 0 aliphatic heterocycles. The number of aromatic nitrogens is 3. The van der Waals surface area contributed by atoms with E-state index in [-0.39, 0.29) is 23.6 Å². The Morgan fingerprint density at radius 3 is 2.76 bits per heavy atom. The number of carbonyl (C=O) groups excluding carboxylic acids is 1. The van der Waals surface area contributed by atoms with Crippen LogP contribution in [0.1, 0.15) is 36.2 Å². The molecule has 2 aromatic heterocycles. The number of nitrogens with one attached hydrogen (secondary N) is 2. The molecule has 1 fully saturated rings. The van der Waals surface area contributed by atoms with Crippen LogP contribution in [0.15, 0.2) is 24.7 Å². The van der Waals surface area contributed by atoms with Crippen LogP contribution in [0.25, 0.3) is 0 Å². The van der Waals surface area contributed by atoms with Crippen LogP contribution >= 0.6 is 0 Å². The number of nitrogens with two attached hydrogens (primary N) is 2. The van der Waals surface area contributed by atoms with Crippen molar-refractivity contribution >= 4 is 23.2 Å². The Hall–Kier alpha value is -2.81. The average molecular weight is 345 g/mol. The van der Waals surface area contributed by atoms with Gasteiger partial charge in [-0.25, -0.2) is 14.4 Å². The Kier molecular flexibility index (Phi) is 5.03. The normalized spacial score (nSPS) is 20.1. The van der Waals surface area contributed by atoms with Crippen LogP contribution in [0.2, 0.25) is 0 Å². The summed E-state index contributed by atoms with van der Waals surface area (Å²) in [6, 6.07) is 1.36. The molecule has 0 spiro atoms. The van der Waals surface area contributed by atoms with Gasteiger partial charge in [0.1, 0.15) is 11.6 Å². The third-order valence-corrected chi connectivity index (χ3v) is 4.13. The molecule has 2 atom stereocenters. The van der Waals surface area contributed by atoms with Gasteiger partial charge in [0.2, 0.25) is 0 Å². The van der Waals surface area contributed by atoms with E-state index in [0.29, 0.717) is 11.5 Å². The van der Waals surface area contributed by atoms with Crippen LogP contribution in [-0.2, 0) is 0 Å². The zero-order valence-corrected chi connectivity index (χ0v) is 13.6. The van der Waals surface area contributed by atoms with E-state index in [9.17, 15) is 9.18 Å². The molecule has 9 heteroatoms. The summed E-state index contributed by atoms with van der Waals surface area (Å²) < 4.78 is 13.3. The standard InChI is InChI=1S/C16H20FN7O/c17-9-5-10(7-20-6-9)22-16-14(15(19)25)21-8-13(24-16)23-12-4-2-1-3-11(12)18/h5-8,11-12H,1-4,18H2,(H2,19,25)(H2,22,23,24)/t11-,12+/m0/s1. The molecule has 2 aromatic rings. The molecule has 1 amide bonds. The Balaban J connectivity index is 1.85. The van der Waals surface area contributed by atoms with E-state index >= 15 is 0 Å². The number of anilines is 3. The smallest absolute Gasteiger partial charge is 0.271 e. The summed E-state index contributed by atoms with van der Waals surface area (Å²) in [7, 11) is 0. The summed E-state index contributed by atoms with van der Waals surface area (Å²) >= 11 is 0. The monoisotopic (exact) mass is 345 g/mol. The largest absolute Gasteiger partial charge is 0.364 e. The lowest BCUT2D eigenvalue weighted by Gasteiger charge is -2.29. The molecule has 8 nitrogen and oxygen atoms in total. The van der Waals surface area contributed by atoms with Crippen molar-refractivity contribution in [1.29, 1.82) is 0 Å². The van der Waals surface area contributed by atoms with E-state index in [0.717, 1.165) is 31.9 Å². The van der Waals surface area contributed by atoms with Crippen LogP contribution in [-0.4, -0.2) is 32.9 Å². The fourth-order valence-corrected chi connectivity index (χ4v) is 2.87. The molecule has 1 aliphatic rings. The maximum Gasteiger partial charge on any atom is 0.271 e. The summed E-state index contributed by atoms with van der Waals surface area (Å²) in [6.07, 6.45) is 8.03. The van der Waals surface area contributed by atoms with Crippen LogP contribution < -0.4 is 22.1 Å². The first-order valence-corrected chi connectivity index (χ1v) is 8.09. The van der Waals surface area contributed by atoms with Gasteiger partial charge >= 0.3 is 0 Å². The number of pyridine rings is 1. The van der Waals surface area contributed by atoms with Gasteiger partial charge in [-0.05, 0) is 12.8 Å². The quantitative estimate of drug-likeness (QED) is 0.646. The summed E-state index contributed by atoms with van der Waals surface area (Å²) in [5, 5.41) is 6.09. The second kappa shape index (κ2) is 7.39. The number of carbonyl (C=O) groups is 1. The van der Waals surface area contributed by atoms with E-state index in [1.54, 1.807) is 0 Å². The zero-order valence-electron chi connectivity index (χ0n) is 13.6. The van der Waals surface area contributed by atoms with Crippen LogP contribution in [0.5, 0.6) is 0 Å². The molecular weight excluding hydrogens is 325 g/mol. The minimum absolute atomic E-state index is 0.0372. The molecule has 0 aromatic carbocycles. The minimum atomic E-state index is -0.736. The van der Waals surface area contributed by atoms with Crippen molar-refractivity contribution in [3.63, 3.8) is 0 Å². The van der Waals surface area contributed by atoms with Crippen LogP contribution in [0.4, 0.5) is 21.7 Å². The number of hydrogen-bond donors (Lipinski definition) is 4. The number of nitrogens with zero attached hydrogens (tertiary/aromatic N) is 3. The highest BCUT2D eigenvalue weighted by molar-refractivity contribution is 5.96. The molecular formula is C16H20FN7O. The van der Waals surface area contributed by atoms with Gasteiger partial charge in [0.25, 0.3) is 5.91 Å². The fourth-order valence-electron chi connectivity index (χ4n) is 2.87. The van der Waals surface area contributed by atoms with Crippen LogP contribution in [0, 0.1) is 5.82 Å². The molecule has 0 radical (unpaired) electrons. The summed E-state index contributed by atoms with van der Waals surface area (Å²) in [4.78, 5) is 23.8. The van der Waals surface area contributed by atoms with Gasteiger partial charge < -0.3 is 22.1 Å². The van der Waals surface area contributed by atoms with Crippen molar-refractivity contribution in [2.75, 3.05) is 10.6 Å². The first-order valence-electron chi connectivity index (χ1n) is 8.09. The van der Waals surface area contributed by atoms with Gasteiger partial charge in [0.05, 0.1) is 24.3 Å². The molecule has 6 N–H and O–H groups in total. The van der Waals surface area contributed by atoms with Crippen molar-refractivity contribution in [3.8, 4) is 0 Å². The molecule has 0 bridgehead atoms. The molecule has 3 rings (SSSR count). The molecule has 1 saturated carbocycles. The predicted octanol–water partition coefficient (Wildman–Crippen LogP) is 1.53. The van der Waals surface area contributed by atoms with E-state index in [1.165, 1.54) is 18.5 Å². The number of rotatable bonds is 5. The van der Waals surface area contributed by atoms with Crippen molar-refractivity contribution in [2.24, 2.45) is 11.5 Å². The fraction of sp³-hybridized carbons (Fsp3) is 0.375. The molecule has 0 saturated heterocycles. The Morgan fingerprint density at radius 1 is 1.24 bits per heavy atom. The topological polar surface area (TPSA) is 132 Å². The molecule has 0 unspecified atom stereocenters. The Morgan fingerprint density at radius 2 is 2.04 bits per heavy atom. The molecule has 1 aliphatic carbocycles. The molecule has 2 heterocycles. The van der Waals surface area contributed by atoms with Gasteiger partial charge in [-0.3, -0.25) is 9.78 Å². The predicted molar refractivity (Wildman–Crippen MR) is 91.9 cm³/mol. The summed E-state index contributed by atoms with van der Waals surface area (Å²) in [5.41, 5.74) is 11.8. The first kappa shape index (κ1) is 17.0. The SMILES string of the molecule is NC(=O)c1ncc(N[C@@H]2CCCC[C@@H]2N)nc1Nc1cncc(F)c1. The minimum Gasteiger partial charge on any atom is -0.364 e. The van der Waals surface area contributed by atoms with E-state index < -0.39 is 11.7 Å².